The van der Waals surface area contributed by atoms with Crippen LogP contribution < -0.4 is 9.46 Å². The van der Waals surface area contributed by atoms with E-state index in [2.05, 4.69) is 4.72 Å². The van der Waals surface area contributed by atoms with Gasteiger partial charge in [-0.05, 0) is 56.4 Å². The van der Waals surface area contributed by atoms with Gasteiger partial charge < -0.3 is 9.84 Å². The van der Waals surface area contributed by atoms with Crippen LogP contribution in [0.2, 0.25) is 0 Å². The lowest BCUT2D eigenvalue weighted by Gasteiger charge is -2.31. The summed E-state index contributed by atoms with van der Waals surface area (Å²) in [6.07, 6.45) is 1.92. The second kappa shape index (κ2) is 8.00. The van der Waals surface area contributed by atoms with Crippen LogP contribution in [0.1, 0.15) is 44.2 Å². The molecule has 2 atom stereocenters. The molecule has 2 N–H and O–H groups in total. The standard InChI is InChI=1S/C21H27NO4S/c1-16(2)27(24,25)22-20-9-6-14-21(20,23)18-10-12-19(13-11-18)26-15-17-7-4-3-5-8-17/h3-5,7-8,10-13,16,20,22-23H,6,9,14-15H2,1-2H3/t20-,21+/m0/s1. The number of hydrogen-bond donors (Lipinski definition) is 2. The highest BCUT2D eigenvalue weighted by atomic mass is 32.2. The maximum absolute atomic E-state index is 12.2. The molecular weight excluding hydrogens is 362 g/mol. The van der Waals surface area contributed by atoms with Crippen LogP contribution >= 0.6 is 0 Å². The second-order valence-corrected chi connectivity index (χ2v) is 9.65. The molecule has 0 saturated heterocycles. The number of rotatable bonds is 7. The Balaban J connectivity index is 1.71. The lowest BCUT2D eigenvalue weighted by Crippen LogP contribution is -2.48. The monoisotopic (exact) mass is 389 g/mol. The van der Waals surface area contributed by atoms with Crippen molar-refractivity contribution in [2.75, 3.05) is 0 Å². The first kappa shape index (κ1) is 19.9. The van der Waals surface area contributed by atoms with Crippen molar-refractivity contribution in [2.24, 2.45) is 0 Å². The highest BCUT2D eigenvalue weighted by molar-refractivity contribution is 7.90. The molecule has 0 amide bonds. The zero-order valence-electron chi connectivity index (χ0n) is 15.8. The molecule has 6 heteroatoms. The number of ether oxygens (including phenoxy) is 1. The van der Waals surface area contributed by atoms with E-state index in [9.17, 15) is 13.5 Å². The Morgan fingerprint density at radius 3 is 2.44 bits per heavy atom. The smallest absolute Gasteiger partial charge is 0.214 e. The third-order valence-corrected chi connectivity index (χ3v) is 7.01. The highest BCUT2D eigenvalue weighted by Gasteiger charge is 2.44. The maximum atomic E-state index is 12.2. The zero-order chi connectivity index (χ0) is 19.5. The van der Waals surface area contributed by atoms with Gasteiger partial charge in [-0.3, -0.25) is 0 Å². The van der Waals surface area contributed by atoms with Gasteiger partial charge in [-0.2, -0.15) is 0 Å². The summed E-state index contributed by atoms with van der Waals surface area (Å²) in [6, 6.07) is 16.7. The molecule has 146 valence electrons. The van der Waals surface area contributed by atoms with Crippen LogP contribution in [0, 0.1) is 0 Å². The molecule has 1 aliphatic rings. The van der Waals surface area contributed by atoms with Crippen molar-refractivity contribution >= 4 is 10.0 Å². The van der Waals surface area contributed by atoms with E-state index in [1.54, 1.807) is 13.8 Å². The van der Waals surface area contributed by atoms with Crippen LogP contribution in [0.5, 0.6) is 5.75 Å². The van der Waals surface area contributed by atoms with Gasteiger partial charge in [-0.1, -0.05) is 42.5 Å². The van der Waals surface area contributed by atoms with E-state index in [0.717, 1.165) is 12.0 Å². The fraction of sp³-hybridized carbons (Fsp3) is 0.429. The summed E-state index contributed by atoms with van der Waals surface area (Å²) in [5, 5.41) is 10.7. The number of sulfonamides is 1. The van der Waals surface area contributed by atoms with Gasteiger partial charge >= 0.3 is 0 Å². The molecule has 3 rings (SSSR count). The minimum atomic E-state index is -3.44. The number of hydrogen-bond acceptors (Lipinski definition) is 4. The Kier molecular flexibility index (Phi) is 5.89. The average molecular weight is 390 g/mol. The minimum absolute atomic E-state index is 0.473. The van der Waals surface area contributed by atoms with Crippen molar-refractivity contribution in [3.8, 4) is 5.75 Å². The Morgan fingerprint density at radius 1 is 1.15 bits per heavy atom. The molecule has 0 heterocycles. The summed E-state index contributed by atoms with van der Waals surface area (Å²) in [5.41, 5.74) is 0.600. The van der Waals surface area contributed by atoms with E-state index >= 15 is 0 Å². The maximum Gasteiger partial charge on any atom is 0.214 e. The number of benzene rings is 2. The predicted molar refractivity (Wildman–Crippen MR) is 106 cm³/mol. The molecule has 0 aliphatic heterocycles. The van der Waals surface area contributed by atoms with Gasteiger partial charge in [-0.15, -0.1) is 0 Å². The molecule has 0 radical (unpaired) electrons. The number of aliphatic hydroxyl groups is 1. The second-order valence-electron chi connectivity index (χ2n) is 7.38. The van der Waals surface area contributed by atoms with Crippen molar-refractivity contribution in [1.82, 2.24) is 4.72 Å². The van der Waals surface area contributed by atoms with Crippen molar-refractivity contribution in [3.05, 3.63) is 65.7 Å². The Labute approximate surface area is 161 Å². The topological polar surface area (TPSA) is 75.6 Å². The predicted octanol–water partition coefficient (Wildman–Crippen LogP) is 3.33. The van der Waals surface area contributed by atoms with Crippen LogP contribution in [0.15, 0.2) is 54.6 Å². The van der Waals surface area contributed by atoms with Crippen LogP contribution in [-0.4, -0.2) is 24.8 Å². The molecule has 5 nitrogen and oxygen atoms in total. The first-order valence-electron chi connectivity index (χ1n) is 9.32. The molecule has 0 spiro atoms. The van der Waals surface area contributed by atoms with Crippen LogP contribution in [0.3, 0.4) is 0 Å². The third-order valence-electron chi connectivity index (χ3n) is 5.16. The molecule has 0 aromatic heterocycles. The molecule has 2 aromatic rings. The first-order chi connectivity index (χ1) is 12.8. The zero-order valence-corrected chi connectivity index (χ0v) is 16.6. The summed E-state index contributed by atoms with van der Waals surface area (Å²) in [7, 11) is -3.44. The van der Waals surface area contributed by atoms with Crippen molar-refractivity contribution in [1.29, 1.82) is 0 Å². The molecule has 0 bridgehead atoms. The lowest BCUT2D eigenvalue weighted by atomic mass is 9.89. The van der Waals surface area contributed by atoms with Gasteiger partial charge in [0.2, 0.25) is 10.0 Å². The molecule has 1 saturated carbocycles. The summed E-state index contributed by atoms with van der Waals surface area (Å²) in [4.78, 5) is 0. The highest BCUT2D eigenvalue weighted by Crippen LogP contribution is 2.40. The van der Waals surface area contributed by atoms with Gasteiger partial charge in [0.1, 0.15) is 18.0 Å². The Bertz CT molecular complexity index is 850. The minimum Gasteiger partial charge on any atom is -0.489 e. The van der Waals surface area contributed by atoms with E-state index in [4.69, 9.17) is 4.74 Å². The van der Waals surface area contributed by atoms with Crippen LogP contribution in [-0.2, 0) is 22.2 Å². The van der Waals surface area contributed by atoms with E-state index in [1.165, 1.54) is 0 Å². The summed E-state index contributed by atoms with van der Waals surface area (Å²) in [6.45, 7) is 3.74. The van der Waals surface area contributed by atoms with Gasteiger partial charge in [0.15, 0.2) is 0 Å². The molecular formula is C21H27NO4S. The van der Waals surface area contributed by atoms with Crippen molar-refractivity contribution in [2.45, 2.75) is 56.6 Å². The number of nitrogens with one attached hydrogen (secondary N) is 1. The van der Waals surface area contributed by atoms with Gasteiger partial charge in [0.05, 0.1) is 11.3 Å². The van der Waals surface area contributed by atoms with Gasteiger partial charge in [0.25, 0.3) is 0 Å². The van der Waals surface area contributed by atoms with E-state index < -0.39 is 26.9 Å². The average Bonchev–Trinajstić information content (AvgIpc) is 3.02. The van der Waals surface area contributed by atoms with Crippen LogP contribution in [0.25, 0.3) is 0 Å². The fourth-order valence-corrected chi connectivity index (χ4v) is 4.39. The van der Waals surface area contributed by atoms with E-state index in [1.807, 2.05) is 54.6 Å². The molecule has 0 unspecified atom stereocenters. The van der Waals surface area contributed by atoms with E-state index in [-0.39, 0.29) is 0 Å². The van der Waals surface area contributed by atoms with Crippen molar-refractivity contribution < 1.29 is 18.3 Å². The van der Waals surface area contributed by atoms with Crippen molar-refractivity contribution in [3.63, 3.8) is 0 Å². The first-order valence-corrected chi connectivity index (χ1v) is 10.9. The summed E-state index contributed by atoms with van der Waals surface area (Å²) >= 11 is 0. The normalized spacial score (nSPS) is 22.9. The Morgan fingerprint density at radius 2 is 1.81 bits per heavy atom. The largest absolute Gasteiger partial charge is 0.489 e. The fourth-order valence-electron chi connectivity index (χ4n) is 3.41. The summed E-state index contributed by atoms with van der Waals surface area (Å²) in [5.74, 6) is 0.712. The van der Waals surface area contributed by atoms with Gasteiger partial charge in [-0.25, -0.2) is 13.1 Å². The molecule has 1 fully saturated rings. The van der Waals surface area contributed by atoms with Gasteiger partial charge in [0, 0.05) is 0 Å². The SMILES string of the molecule is CC(C)S(=O)(=O)N[C@H]1CCC[C@@]1(O)c1ccc(OCc2ccccc2)cc1. The molecule has 1 aliphatic carbocycles. The lowest BCUT2D eigenvalue weighted by molar-refractivity contribution is 0.0230. The third kappa shape index (κ3) is 4.51. The quantitative estimate of drug-likeness (QED) is 0.762. The Hall–Kier alpha value is -1.89. The molecule has 2 aromatic carbocycles. The van der Waals surface area contributed by atoms with E-state index in [0.29, 0.717) is 30.8 Å². The van der Waals surface area contributed by atoms with Crippen LogP contribution in [0.4, 0.5) is 0 Å². The summed E-state index contributed by atoms with van der Waals surface area (Å²) < 4.78 is 33.0. The molecule has 27 heavy (non-hydrogen) atoms.